The Morgan fingerprint density at radius 1 is 1.11 bits per heavy atom. The molecular formula is C14H20O3S. The van der Waals surface area contributed by atoms with E-state index in [9.17, 15) is 9.59 Å². The van der Waals surface area contributed by atoms with E-state index in [1.807, 2.05) is 0 Å². The highest BCUT2D eigenvalue weighted by molar-refractivity contribution is 7.81. The van der Waals surface area contributed by atoms with Crippen LogP contribution >= 0.6 is 12.6 Å². The van der Waals surface area contributed by atoms with Crippen LogP contribution in [0, 0.1) is 23.2 Å². The molecule has 18 heavy (non-hydrogen) atoms. The van der Waals surface area contributed by atoms with Gasteiger partial charge in [-0.25, -0.2) is 0 Å². The molecule has 0 aromatic heterocycles. The number of hydrogen-bond acceptors (Lipinski definition) is 3. The minimum Gasteiger partial charge on any atom is -0.480 e. The fraction of sp³-hybridized carbons (Fsp3) is 0.857. The third-order valence-corrected chi connectivity index (χ3v) is 5.70. The van der Waals surface area contributed by atoms with Gasteiger partial charge in [0.05, 0.1) is 0 Å². The Morgan fingerprint density at radius 2 is 1.56 bits per heavy atom. The van der Waals surface area contributed by atoms with Crippen molar-refractivity contribution in [3.8, 4) is 0 Å². The van der Waals surface area contributed by atoms with E-state index in [1.165, 1.54) is 19.3 Å². The fourth-order valence-corrected chi connectivity index (χ4v) is 5.10. The Balaban J connectivity index is 1.75. The molecule has 0 aromatic rings. The van der Waals surface area contributed by atoms with E-state index in [1.54, 1.807) is 0 Å². The number of carbonyl (C=O) groups excluding carboxylic acids is 1. The van der Waals surface area contributed by atoms with Crippen LogP contribution in [0.3, 0.4) is 0 Å². The largest absolute Gasteiger partial charge is 0.480 e. The molecule has 4 aliphatic rings. The highest BCUT2D eigenvalue weighted by Crippen LogP contribution is 2.60. The predicted molar refractivity (Wildman–Crippen MR) is 70.6 cm³/mol. The number of ketones is 1. The van der Waals surface area contributed by atoms with Crippen LogP contribution in [-0.2, 0) is 9.59 Å². The number of aliphatic carboxylic acids is 1. The summed E-state index contributed by atoms with van der Waals surface area (Å²) in [5, 5.41) is 8.06. The summed E-state index contributed by atoms with van der Waals surface area (Å²) in [6, 6.07) is 0. The van der Waals surface area contributed by atoms with Crippen molar-refractivity contribution in [2.75, 3.05) is 0 Å². The molecule has 100 valence electrons. The maximum Gasteiger partial charge on any atom is 0.316 e. The second kappa shape index (κ2) is 4.26. The zero-order chi connectivity index (χ0) is 12.9. The molecule has 4 rings (SSSR count). The van der Waals surface area contributed by atoms with Crippen molar-refractivity contribution >= 4 is 24.4 Å². The third-order valence-electron chi connectivity index (χ3n) is 5.29. The van der Waals surface area contributed by atoms with Crippen LogP contribution in [0.4, 0.5) is 0 Å². The zero-order valence-corrected chi connectivity index (χ0v) is 11.4. The molecule has 4 saturated carbocycles. The Kier molecular flexibility index (Phi) is 2.96. The summed E-state index contributed by atoms with van der Waals surface area (Å²) in [6.45, 7) is 0. The topological polar surface area (TPSA) is 54.4 Å². The number of Topliss-reactive ketones (excluding diaryl/α,β-unsaturated/α-hetero) is 1. The number of carboxylic acid groups (broad SMARTS) is 1. The molecule has 4 heteroatoms. The van der Waals surface area contributed by atoms with Crippen LogP contribution in [0.25, 0.3) is 0 Å². The molecule has 0 aromatic carbocycles. The Hall–Kier alpha value is -0.510. The average Bonchev–Trinajstić information content (AvgIpc) is 2.26. The smallest absolute Gasteiger partial charge is 0.316 e. The fourth-order valence-electron chi connectivity index (χ4n) is 4.93. The van der Waals surface area contributed by atoms with Crippen molar-refractivity contribution in [3.63, 3.8) is 0 Å². The van der Waals surface area contributed by atoms with Crippen LogP contribution in [-0.4, -0.2) is 22.1 Å². The molecule has 4 bridgehead atoms. The second-order valence-electron chi connectivity index (χ2n) is 6.68. The molecule has 4 aliphatic carbocycles. The quantitative estimate of drug-likeness (QED) is 0.770. The van der Waals surface area contributed by atoms with Gasteiger partial charge in [-0.3, -0.25) is 9.59 Å². The van der Waals surface area contributed by atoms with E-state index in [0.29, 0.717) is 0 Å². The number of carbonyl (C=O) groups is 2. The first-order chi connectivity index (χ1) is 8.48. The zero-order valence-electron chi connectivity index (χ0n) is 10.5. The minimum absolute atomic E-state index is 0.102. The number of rotatable bonds is 4. The normalized spacial score (nSPS) is 42.8. The van der Waals surface area contributed by atoms with Gasteiger partial charge in [0.25, 0.3) is 0 Å². The first-order valence-corrected chi connectivity index (χ1v) is 7.44. The maximum atomic E-state index is 12.5. The van der Waals surface area contributed by atoms with E-state index >= 15 is 0 Å². The lowest BCUT2D eigenvalue weighted by molar-refractivity contribution is -0.146. The standard InChI is InChI=1S/C14H20O3S/c15-12(4-11(18)13(16)17)14-5-8-1-9(6-14)3-10(2-8)7-14/h8-11,18H,1-7H2,(H,16,17). The van der Waals surface area contributed by atoms with Crippen molar-refractivity contribution in [2.24, 2.45) is 23.2 Å². The Bertz CT molecular complexity index is 355. The summed E-state index contributed by atoms with van der Waals surface area (Å²) >= 11 is 4.01. The maximum absolute atomic E-state index is 12.5. The van der Waals surface area contributed by atoms with Crippen molar-refractivity contribution in [1.82, 2.24) is 0 Å². The van der Waals surface area contributed by atoms with Gasteiger partial charge in [-0.15, -0.1) is 0 Å². The van der Waals surface area contributed by atoms with Crippen LogP contribution in [0.2, 0.25) is 0 Å². The van der Waals surface area contributed by atoms with E-state index in [0.717, 1.165) is 37.0 Å². The molecular weight excluding hydrogens is 248 g/mol. The van der Waals surface area contributed by atoms with E-state index in [-0.39, 0.29) is 17.6 Å². The molecule has 0 saturated heterocycles. The summed E-state index contributed by atoms with van der Waals surface area (Å²) in [4.78, 5) is 23.3. The molecule has 1 atom stereocenters. The molecule has 0 spiro atoms. The minimum atomic E-state index is -0.976. The first-order valence-electron chi connectivity index (χ1n) is 6.93. The summed E-state index contributed by atoms with van der Waals surface area (Å²) in [5.74, 6) is 1.37. The summed E-state index contributed by atoms with van der Waals surface area (Å²) < 4.78 is 0. The van der Waals surface area contributed by atoms with Gasteiger partial charge in [-0.1, -0.05) is 0 Å². The Labute approximate surface area is 113 Å². The molecule has 4 fully saturated rings. The lowest BCUT2D eigenvalue weighted by Crippen LogP contribution is -2.50. The van der Waals surface area contributed by atoms with Crippen LogP contribution < -0.4 is 0 Å². The monoisotopic (exact) mass is 268 g/mol. The van der Waals surface area contributed by atoms with Gasteiger partial charge in [0.15, 0.2) is 0 Å². The molecule has 0 aliphatic heterocycles. The van der Waals surface area contributed by atoms with Crippen LogP contribution in [0.5, 0.6) is 0 Å². The molecule has 1 N–H and O–H groups in total. The van der Waals surface area contributed by atoms with E-state index in [2.05, 4.69) is 12.6 Å². The lowest BCUT2D eigenvalue weighted by atomic mass is 9.48. The molecule has 1 unspecified atom stereocenters. The van der Waals surface area contributed by atoms with Crippen molar-refractivity contribution < 1.29 is 14.7 Å². The number of thiol groups is 1. The Morgan fingerprint density at radius 3 is 1.94 bits per heavy atom. The number of carboxylic acids is 1. The highest BCUT2D eigenvalue weighted by atomic mass is 32.1. The van der Waals surface area contributed by atoms with Crippen molar-refractivity contribution in [3.05, 3.63) is 0 Å². The average molecular weight is 268 g/mol. The van der Waals surface area contributed by atoms with Gasteiger partial charge >= 0.3 is 5.97 Å². The number of hydrogen-bond donors (Lipinski definition) is 2. The third kappa shape index (κ3) is 1.98. The first kappa shape index (κ1) is 12.5. The predicted octanol–water partition coefficient (Wildman–Crippen LogP) is 2.55. The summed E-state index contributed by atoms with van der Waals surface area (Å²) in [6.07, 6.45) is 7.04. The van der Waals surface area contributed by atoms with Gasteiger partial charge in [-0.2, -0.15) is 12.6 Å². The lowest BCUT2D eigenvalue weighted by Gasteiger charge is -2.56. The molecule has 0 heterocycles. The van der Waals surface area contributed by atoms with E-state index in [4.69, 9.17) is 5.11 Å². The van der Waals surface area contributed by atoms with E-state index < -0.39 is 11.2 Å². The van der Waals surface area contributed by atoms with Gasteiger partial charge in [-0.05, 0) is 56.3 Å². The molecule has 0 amide bonds. The SMILES string of the molecule is O=C(O)C(S)CC(=O)C12CC3CC(CC(C3)C1)C2. The summed E-state index contributed by atoms with van der Waals surface area (Å²) in [5.41, 5.74) is -0.175. The van der Waals surface area contributed by atoms with Crippen molar-refractivity contribution in [2.45, 2.75) is 50.2 Å². The van der Waals surface area contributed by atoms with Gasteiger partial charge < -0.3 is 5.11 Å². The second-order valence-corrected chi connectivity index (χ2v) is 7.30. The van der Waals surface area contributed by atoms with Crippen LogP contribution in [0.15, 0.2) is 0 Å². The van der Waals surface area contributed by atoms with Gasteiger partial charge in [0, 0.05) is 11.8 Å². The van der Waals surface area contributed by atoms with Crippen molar-refractivity contribution in [1.29, 1.82) is 0 Å². The van der Waals surface area contributed by atoms with Gasteiger partial charge in [0.2, 0.25) is 0 Å². The van der Waals surface area contributed by atoms with Crippen LogP contribution in [0.1, 0.15) is 44.9 Å². The summed E-state index contributed by atoms with van der Waals surface area (Å²) in [7, 11) is 0. The molecule has 3 nitrogen and oxygen atoms in total. The van der Waals surface area contributed by atoms with Gasteiger partial charge in [0.1, 0.15) is 11.0 Å². The highest BCUT2D eigenvalue weighted by Gasteiger charge is 2.54. The molecule has 0 radical (unpaired) electrons.